The van der Waals surface area contributed by atoms with E-state index in [1.54, 1.807) is 4.90 Å². The molecule has 0 bridgehead atoms. The van der Waals surface area contributed by atoms with Crippen molar-refractivity contribution in [2.75, 3.05) is 13.1 Å². The fourth-order valence-corrected chi connectivity index (χ4v) is 2.45. The molecule has 1 aromatic carbocycles. The van der Waals surface area contributed by atoms with Gasteiger partial charge >= 0.3 is 5.97 Å². The molecule has 1 aliphatic rings. The summed E-state index contributed by atoms with van der Waals surface area (Å²) in [6, 6.07) is 3.27. The fourth-order valence-electron chi connectivity index (χ4n) is 2.45. The smallest absolute Gasteiger partial charge is 0.336 e. The second-order valence-electron chi connectivity index (χ2n) is 5.00. The van der Waals surface area contributed by atoms with Crippen LogP contribution in [0.4, 0.5) is 5.69 Å². The highest BCUT2D eigenvalue weighted by molar-refractivity contribution is 6.05. The molecule has 1 heterocycles. The van der Waals surface area contributed by atoms with E-state index in [0.717, 1.165) is 43.9 Å². The van der Waals surface area contributed by atoms with E-state index in [1.807, 2.05) is 0 Å². The van der Waals surface area contributed by atoms with Gasteiger partial charge in [-0.1, -0.05) is 12.8 Å². The van der Waals surface area contributed by atoms with Crippen LogP contribution in [0.5, 0.6) is 0 Å². The molecule has 0 spiro atoms. The standard InChI is InChI=1S/C14H16N2O5/c17-13(15-7-3-1-2-4-8-15)12-9-10(16(20)21)5-6-11(12)14(18)19/h5-6,9H,1-4,7-8H2,(H,18,19). The molecule has 1 N–H and O–H groups in total. The van der Waals surface area contributed by atoms with Gasteiger partial charge in [-0.3, -0.25) is 14.9 Å². The van der Waals surface area contributed by atoms with Crippen molar-refractivity contribution >= 4 is 17.6 Å². The first kappa shape index (κ1) is 15.0. The lowest BCUT2D eigenvalue weighted by Crippen LogP contribution is -2.33. The summed E-state index contributed by atoms with van der Waals surface area (Å²) in [6.07, 6.45) is 3.79. The quantitative estimate of drug-likeness (QED) is 0.680. The minimum absolute atomic E-state index is 0.112. The van der Waals surface area contributed by atoms with E-state index in [0.29, 0.717) is 13.1 Å². The second kappa shape index (κ2) is 6.34. The minimum Gasteiger partial charge on any atom is -0.478 e. The molecular formula is C14H16N2O5. The number of non-ortho nitro benzene ring substituents is 1. The highest BCUT2D eigenvalue weighted by atomic mass is 16.6. The number of aromatic carboxylic acids is 1. The van der Waals surface area contributed by atoms with Crippen molar-refractivity contribution in [2.24, 2.45) is 0 Å². The van der Waals surface area contributed by atoms with Crippen LogP contribution in [0.3, 0.4) is 0 Å². The summed E-state index contributed by atoms with van der Waals surface area (Å²) < 4.78 is 0. The molecule has 0 aliphatic carbocycles. The summed E-state index contributed by atoms with van der Waals surface area (Å²) in [5, 5.41) is 20.0. The normalized spacial score (nSPS) is 15.3. The Hall–Kier alpha value is -2.44. The molecule has 2 rings (SSSR count). The van der Waals surface area contributed by atoms with Crippen LogP contribution in [0.15, 0.2) is 18.2 Å². The van der Waals surface area contributed by atoms with Crippen LogP contribution < -0.4 is 0 Å². The van der Waals surface area contributed by atoms with Crippen LogP contribution in [-0.4, -0.2) is 39.9 Å². The molecule has 1 aliphatic heterocycles. The van der Waals surface area contributed by atoms with E-state index in [1.165, 1.54) is 0 Å². The topological polar surface area (TPSA) is 101 Å². The fraction of sp³-hybridized carbons (Fsp3) is 0.429. The van der Waals surface area contributed by atoms with Crippen LogP contribution in [-0.2, 0) is 0 Å². The lowest BCUT2D eigenvalue weighted by molar-refractivity contribution is -0.384. The van der Waals surface area contributed by atoms with E-state index >= 15 is 0 Å². The largest absolute Gasteiger partial charge is 0.478 e. The molecule has 0 unspecified atom stereocenters. The molecule has 112 valence electrons. The summed E-state index contributed by atoms with van der Waals surface area (Å²) in [5.41, 5.74) is -0.591. The molecule has 1 amide bonds. The maximum atomic E-state index is 12.5. The van der Waals surface area contributed by atoms with Gasteiger partial charge in [0.15, 0.2) is 0 Å². The molecule has 0 saturated carbocycles. The van der Waals surface area contributed by atoms with Crippen molar-refractivity contribution < 1.29 is 19.6 Å². The summed E-state index contributed by atoms with van der Waals surface area (Å²) in [5.74, 6) is -1.71. The van der Waals surface area contributed by atoms with Gasteiger partial charge in [0.25, 0.3) is 11.6 Å². The molecule has 21 heavy (non-hydrogen) atoms. The van der Waals surface area contributed by atoms with Crippen LogP contribution >= 0.6 is 0 Å². The molecular weight excluding hydrogens is 276 g/mol. The maximum Gasteiger partial charge on any atom is 0.336 e. The zero-order valence-corrected chi connectivity index (χ0v) is 11.4. The Labute approximate surface area is 121 Å². The Morgan fingerprint density at radius 2 is 1.71 bits per heavy atom. The number of carboxylic acids is 1. The summed E-state index contributed by atoms with van der Waals surface area (Å²) in [7, 11) is 0. The van der Waals surface area contributed by atoms with Crippen molar-refractivity contribution in [1.29, 1.82) is 0 Å². The Morgan fingerprint density at radius 3 is 2.24 bits per heavy atom. The highest BCUT2D eigenvalue weighted by Crippen LogP contribution is 2.21. The van der Waals surface area contributed by atoms with E-state index < -0.39 is 16.8 Å². The minimum atomic E-state index is -1.26. The van der Waals surface area contributed by atoms with Crippen LogP contribution in [0.1, 0.15) is 46.4 Å². The SMILES string of the molecule is O=C(O)c1ccc([N+](=O)[O-])cc1C(=O)N1CCCCCC1. The van der Waals surface area contributed by atoms with Gasteiger partial charge in [0.1, 0.15) is 0 Å². The number of likely N-dealkylation sites (tertiary alicyclic amines) is 1. The zero-order chi connectivity index (χ0) is 15.4. The summed E-state index contributed by atoms with van der Waals surface area (Å²) in [4.78, 5) is 35.5. The van der Waals surface area contributed by atoms with Gasteiger partial charge in [0.05, 0.1) is 16.1 Å². The van der Waals surface area contributed by atoms with Gasteiger partial charge in [-0.05, 0) is 18.9 Å². The Balaban J connectivity index is 2.38. The van der Waals surface area contributed by atoms with E-state index in [2.05, 4.69) is 0 Å². The summed E-state index contributed by atoms with van der Waals surface area (Å²) in [6.45, 7) is 1.11. The number of nitro groups is 1. The predicted molar refractivity (Wildman–Crippen MR) is 74.4 cm³/mol. The third-order valence-electron chi connectivity index (χ3n) is 3.57. The van der Waals surface area contributed by atoms with Crippen LogP contribution in [0.2, 0.25) is 0 Å². The first-order valence-corrected chi connectivity index (χ1v) is 6.81. The number of carboxylic acid groups (broad SMARTS) is 1. The van der Waals surface area contributed by atoms with E-state index in [9.17, 15) is 19.7 Å². The number of hydrogen-bond acceptors (Lipinski definition) is 4. The number of nitrogens with zero attached hydrogens (tertiary/aromatic N) is 2. The average Bonchev–Trinajstić information content (AvgIpc) is 2.74. The van der Waals surface area contributed by atoms with Crippen molar-refractivity contribution in [2.45, 2.75) is 25.7 Å². The third-order valence-corrected chi connectivity index (χ3v) is 3.57. The molecule has 0 aromatic heterocycles. The van der Waals surface area contributed by atoms with Gasteiger partial charge in [-0.15, -0.1) is 0 Å². The number of nitro benzene ring substituents is 1. The van der Waals surface area contributed by atoms with Crippen molar-refractivity contribution in [3.63, 3.8) is 0 Å². The Morgan fingerprint density at radius 1 is 1.10 bits per heavy atom. The number of rotatable bonds is 3. The second-order valence-corrected chi connectivity index (χ2v) is 5.00. The molecule has 1 fully saturated rings. The van der Waals surface area contributed by atoms with Gasteiger partial charge in [0.2, 0.25) is 0 Å². The Bertz CT molecular complexity index is 577. The molecule has 1 saturated heterocycles. The lowest BCUT2D eigenvalue weighted by atomic mass is 10.0. The van der Waals surface area contributed by atoms with Gasteiger partial charge in [-0.25, -0.2) is 4.79 Å². The predicted octanol–water partition coefficient (Wildman–Crippen LogP) is 2.31. The molecule has 7 nitrogen and oxygen atoms in total. The number of carbonyl (C=O) groups is 2. The first-order valence-electron chi connectivity index (χ1n) is 6.81. The van der Waals surface area contributed by atoms with E-state index in [4.69, 9.17) is 5.11 Å². The van der Waals surface area contributed by atoms with Crippen LogP contribution in [0, 0.1) is 10.1 Å². The number of carbonyl (C=O) groups excluding carboxylic acids is 1. The molecule has 7 heteroatoms. The molecule has 0 radical (unpaired) electrons. The van der Waals surface area contributed by atoms with Crippen molar-refractivity contribution in [3.8, 4) is 0 Å². The number of benzene rings is 1. The maximum absolute atomic E-state index is 12.5. The van der Waals surface area contributed by atoms with Gasteiger partial charge in [0, 0.05) is 25.2 Å². The monoisotopic (exact) mass is 292 g/mol. The number of hydrogen-bond donors (Lipinski definition) is 1. The first-order chi connectivity index (χ1) is 10.0. The summed E-state index contributed by atoms with van der Waals surface area (Å²) >= 11 is 0. The lowest BCUT2D eigenvalue weighted by Gasteiger charge is -2.21. The number of amides is 1. The van der Waals surface area contributed by atoms with Crippen molar-refractivity contribution in [1.82, 2.24) is 4.90 Å². The highest BCUT2D eigenvalue weighted by Gasteiger charge is 2.25. The zero-order valence-electron chi connectivity index (χ0n) is 11.4. The van der Waals surface area contributed by atoms with E-state index in [-0.39, 0.29) is 16.8 Å². The van der Waals surface area contributed by atoms with Gasteiger partial charge < -0.3 is 10.0 Å². The molecule has 1 aromatic rings. The Kier molecular flexibility index (Phi) is 4.52. The van der Waals surface area contributed by atoms with Crippen LogP contribution in [0.25, 0.3) is 0 Å². The average molecular weight is 292 g/mol. The third kappa shape index (κ3) is 3.36. The van der Waals surface area contributed by atoms with Crippen molar-refractivity contribution in [3.05, 3.63) is 39.4 Å². The molecule has 0 atom stereocenters. The van der Waals surface area contributed by atoms with Gasteiger partial charge in [-0.2, -0.15) is 0 Å².